The summed E-state index contributed by atoms with van der Waals surface area (Å²) in [5.74, 6) is 2.32. The zero-order valence-corrected chi connectivity index (χ0v) is 18.1. The summed E-state index contributed by atoms with van der Waals surface area (Å²) in [5, 5.41) is 0.564. The minimum absolute atomic E-state index is 0.0120. The van der Waals surface area contributed by atoms with Gasteiger partial charge in [0.15, 0.2) is 0 Å². The van der Waals surface area contributed by atoms with E-state index in [4.69, 9.17) is 5.73 Å². The lowest BCUT2D eigenvalue weighted by molar-refractivity contribution is 0.0697. The molecule has 1 aliphatic rings. The van der Waals surface area contributed by atoms with Crippen molar-refractivity contribution in [2.45, 2.75) is 19.0 Å². The standard InChI is InChI=1S/C26H17F3N4O2/c27-15-7-8-20(28)18(11-15)22(33-13-14-3-1-5-21(29)23(14)26(33)35)6-2-4-16-17-9-10-31-25(17)32-12-19(16)24(30)34/h1,3,5,7-12,22H,6,13H2,(H2,30,34)(H,31,32). The van der Waals surface area contributed by atoms with Crippen LogP contribution in [-0.4, -0.2) is 26.7 Å². The van der Waals surface area contributed by atoms with Crippen LogP contribution in [-0.2, 0) is 6.54 Å². The van der Waals surface area contributed by atoms with Crippen molar-refractivity contribution in [2.24, 2.45) is 5.73 Å². The van der Waals surface area contributed by atoms with E-state index in [-0.39, 0.29) is 29.7 Å². The number of amides is 2. The molecule has 0 radical (unpaired) electrons. The van der Waals surface area contributed by atoms with Crippen LogP contribution in [0.15, 0.2) is 54.9 Å². The molecule has 2 aromatic carbocycles. The van der Waals surface area contributed by atoms with E-state index in [0.717, 1.165) is 18.2 Å². The molecular weight excluding hydrogens is 457 g/mol. The molecule has 3 heterocycles. The lowest BCUT2D eigenvalue weighted by atomic mass is 10.00. The third-order valence-corrected chi connectivity index (χ3v) is 5.97. The Labute approximate surface area is 197 Å². The highest BCUT2D eigenvalue weighted by Crippen LogP contribution is 2.35. The van der Waals surface area contributed by atoms with Gasteiger partial charge in [-0.05, 0) is 35.9 Å². The molecule has 1 aliphatic heterocycles. The number of fused-ring (bicyclic) bond motifs is 2. The minimum atomic E-state index is -1.02. The number of halogens is 3. The normalized spacial score (nSPS) is 13.5. The SMILES string of the molecule is NC(=O)c1cnc2[nH]ccc2c1C#CCC(c1cc(F)ccc1F)N1Cc2cccc(F)c2C1=O. The fraction of sp³-hybridized carbons (Fsp3) is 0.115. The van der Waals surface area contributed by atoms with Gasteiger partial charge < -0.3 is 15.6 Å². The van der Waals surface area contributed by atoms with E-state index in [1.807, 2.05) is 0 Å². The molecule has 9 heteroatoms. The van der Waals surface area contributed by atoms with E-state index in [1.54, 1.807) is 18.3 Å². The van der Waals surface area contributed by atoms with Gasteiger partial charge in [0.05, 0.1) is 17.2 Å². The number of hydrogen-bond donors (Lipinski definition) is 2. The lowest BCUT2D eigenvalue weighted by Crippen LogP contribution is -2.30. The third-order valence-electron chi connectivity index (χ3n) is 5.97. The first kappa shape index (κ1) is 22.2. The molecule has 3 N–H and O–H groups in total. The fourth-order valence-electron chi connectivity index (χ4n) is 4.31. The third kappa shape index (κ3) is 3.89. The molecule has 2 aromatic heterocycles. The number of nitrogens with one attached hydrogen (secondary N) is 1. The van der Waals surface area contributed by atoms with Crippen molar-refractivity contribution in [1.82, 2.24) is 14.9 Å². The van der Waals surface area contributed by atoms with Crippen molar-refractivity contribution >= 4 is 22.8 Å². The summed E-state index contributed by atoms with van der Waals surface area (Å²) in [7, 11) is 0. The van der Waals surface area contributed by atoms with Crippen molar-refractivity contribution in [3.05, 3.63) is 100 Å². The van der Waals surface area contributed by atoms with Crippen LogP contribution in [0.4, 0.5) is 13.2 Å². The van der Waals surface area contributed by atoms with Crippen LogP contribution in [0.1, 0.15) is 49.9 Å². The number of aromatic amines is 1. The van der Waals surface area contributed by atoms with Gasteiger partial charge in [0.25, 0.3) is 11.8 Å². The summed E-state index contributed by atoms with van der Waals surface area (Å²) in [4.78, 5) is 33.3. The average Bonchev–Trinajstić information content (AvgIpc) is 3.44. The molecular formula is C26H17F3N4O2. The zero-order valence-electron chi connectivity index (χ0n) is 18.1. The fourth-order valence-corrected chi connectivity index (χ4v) is 4.31. The number of primary amides is 1. The molecule has 1 atom stereocenters. The Balaban J connectivity index is 1.58. The lowest BCUT2D eigenvalue weighted by Gasteiger charge is -2.27. The predicted molar refractivity (Wildman–Crippen MR) is 121 cm³/mol. The Bertz CT molecular complexity index is 1570. The largest absolute Gasteiger partial charge is 0.366 e. The highest BCUT2D eigenvalue weighted by molar-refractivity contribution is 6.01. The molecule has 2 amide bonds. The number of nitrogens with zero attached hydrogens (tertiary/aromatic N) is 2. The van der Waals surface area contributed by atoms with Gasteiger partial charge in [-0.3, -0.25) is 9.59 Å². The van der Waals surface area contributed by atoms with Gasteiger partial charge in [0.1, 0.15) is 23.1 Å². The Hall–Kier alpha value is -4.58. The molecule has 4 aromatic rings. The van der Waals surface area contributed by atoms with E-state index in [9.17, 15) is 22.8 Å². The highest BCUT2D eigenvalue weighted by atomic mass is 19.1. The van der Waals surface area contributed by atoms with Gasteiger partial charge in [0.2, 0.25) is 0 Å². The van der Waals surface area contributed by atoms with Crippen LogP contribution >= 0.6 is 0 Å². The van der Waals surface area contributed by atoms with Crippen molar-refractivity contribution in [3.8, 4) is 11.8 Å². The first-order valence-corrected chi connectivity index (χ1v) is 10.6. The molecule has 0 saturated carbocycles. The number of pyridine rings is 1. The molecule has 0 saturated heterocycles. The second-order valence-electron chi connectivity index (χ2n) is 8.05. The van der Waals surface area contributed by atoms with E-state index in [2.05, 4.69) is 21.8 Å². The summed E-state index contributed by atoms with van der Waals surface area (Å²) in [6.45, 7) is 0.0120. The molecule has 0 bridgehead atoms. The summed E-state index contributed by atoms with van der Waals surface area (Å²) < 4.78 is 43.2. The molecule has 0 spiro atoms. The summed E-state index contributed by atoms with van der Waals surface area (Å²) >= 11 is 0. The van der Waals surface area contributed by atoms with Crippen LogP contribution < -0.4 is 5.73 Å². The summed E-state index contributed by atoms with van der Waals surface area (Å²) in [6, 6.07) is 7.88. The van der Waals surface area contributed by atoms with Gasteiger partial charge >= 0.3 is 0 Å². The maximum atomic E-state index is 14.8. The number of hydrogen-bond acceptors (Lipinski definition) is 3. The predicted octanol–water partition coefficient (Wildman–Crippen LogP) is 4.22. The first-order valence-electron chi connectivity index (χ1n) is 10.6. The second kappa shape index (κ2) is 8.65. The number of H-pyrrole nitrogens is 1. The maximum absolute atomic E-state index is 14.8. The molecule has 0 fully saturated rings. The van der Waals surface area contributed by atoms with E-state index in [1.165, 1.54) is 23.2 Å². The van der Waals surface area contributed by atoms with Crippen molar-refractivity contribution < 1.29 is 22.8 Å². The second-order valence-corrected chi connectivity index (χ2v) is 8.05. The van der Waals surface area contributed by atoms with Gasteiger partial charge in [-0.1, -0.05) is 24.0 Å². The van der Waals surface area contributed by atoms with Gasteiger partial charge in [0, 0.05) is 41.9 Å². The molecule has 0 aliphatic carbocycles. The Kier molecular flexibility index (Phi) is 5.49. The molecule has 174 valence electrons. The van der Waals surface area contributed by atoms with Crippen molar-refractivity contribution in [1.29, 1.82) is 0 Å². The molecule has 1 unspecified atom stereocenters. The quantitative estimate of drug-likeness (QED) is 0.434. The highest BCUT2D eigenvalue weighted by Gasteiger charge is 2.36. The van der Waals surface area contributed by atoms with E-state index >= 15 is 0 Å². The van der Waals surface area contributed by atoms with E-state index in [0.29, 0.717) is 22.2 Å². The number of rotatable bonds is 4. The van der Waals surface area contributed by atoms with Crippen LogP contribution in [0.25, 0.3) is 11.0 Å². The van der Waals surface area contributed by atoms with E-state index < -0.39 is 35.3 Å². The number of nitrogens with two attached hydrogens (primary N) is 1. The van der Waals surface area contributed by atoms with Crippen LogP contribution in [0.3, 0.4) is 0 Å². The summed E-state index contributed by atoms with van der Waals surface area (Å²) in [5.41, 5.74) is 6.66. The molecule has 6 nitrogen and oxygen atoms in total. The number of aromatic nitrogens is 2. The number of carbonyl (C=O) groups is 2. The molecule has 5 rings (SSSR count). The summed E-state index contributed by atoms with van der Waals surface area (Å²) in [6.07, 6.45) is 2.82. The molecule has 35 heavy (non-hydrogen) atoms. The van der Waals surface area contributed by atoms with Gasteiger partial charge in [-0.25, -0.2) is 18.2 Å². The van der Waals surface area contributed by atoms with Gasteiger partial charge in [-0.15, -0.1) is 0 Å². The first-order chi connectivity index (χ1) is 16.8. The maximum Gasteiger partial charge on any atom is 0.258 e. The Morgan fingerprint density at radius 2 is 2.00 bits per heavy atom. The zero-order chi connectivity index (χ0) is 24.7. The Morgan fingerprint density at radius 1 is 1.17 bits per heavy atom. The van der Waals surface area contributed by atoms with Gasteiger partial charge in [-0.2, -0.15) is 0 Å². The topological polar surface area (TPSA) is 92.1 Å². The number of carbonyl (C=O) groups excluding carboxylic acids is 2. The average molecular weight is 474 g/mol. The number of benzene rings is 2. The monoisotopic (exact) mass is 474 g/mol. The van der Waals surface area contributed by atoms with Crippen molar-refractivity contribution in [3.63, 3.8) is 0 Å². The minimum Gasteiger partial charge on any atom is -0.366 e. The van der Waals surface area contributed by atoms with Crippen molar-refractivity contribution in [2.75, 3.05) is 0 Å². The smallest absolute Gasteiger partial charge is 0.258 e. The van der Waals surface area contributed by atoms with Crippen LogP contribution in [0.5, 0.6) is 0 Å². The Morgan fingerprint density at radius 3 is 2.77 bits per heavy atom. The van der Waals surface area contributed by atoms with Crippen LogP contribution in [0.2, 0.25) is 0 Å². The van der Waals surface area contributed by atoms with Crippen LogP contribution in [0, 0.1) is 29.3 Å².